The number of nitrogens with zero attached hydrogens (tertiary/aromatic N) is 1. The van der Waals surface area contributed by atoms with Crippen molar-refractivity contribution in [2.75, 3.05) is 6.61 Å². The predicted molar refractivity (Wildman–Crippen MR) is 104 cm³/mol. The van der Waals surface area contributed by atoms with E-state index in [4.69, 9.17) is 4.74 Å². The Morgan fingerprint density at radius 1 is 1.00 bits per heavy atom. The number of aromatic nitrogens is 2. The molecule has 2 aromatic carbocycles. The van der Waals surface area contributed by atoms with Gasteiger partial charge in [0.2, 0.25) is 0 Å². The molecule has 0 atom stereocenters. The molecule has 4 nitrogen and oxygen atoms in total. The largest absolute Gasteiger partial charge is 0.494 e. The highest BCUT2D eigenvalue weighted by Gasteiger charge is 2.07. The van der Waals surface area contributed by atoms with E-state index in [2.05, 4.69) is 17.1 Å². The first-order valence-corrected chi connectivity index (χ1v) is 9.07. The van der Waals surface area contributed by atoms with Crippen molar-refractivity contribution in [3.63, 3.8) is 0 Å². The van der Waals surface area contributed by atoms with Crippen molar-refractivity contribution in [2.45, 2.75) is 33.1 Å². The van der Waals surface area contributed by atoms with Crippen molar-refractivity contribution >= 4 is 5.78 Å². The van der Waals surface area contributed by atoms with E-state index in [1.54, 1.807) is 6.92 Å². The van der Waals surface area contributed by atoms with Crippen LogP contribution in [0.15, 0.2) is 54.6 Å². The minimum absolute atomic E-state index is 0.0684. The van der Waals surface area contributed by atoms with Gasteiger partial charge in [0, 0.05) is 11.1 Å². The molecular formula is C22H24N2O2. The predicted octanol–water partition coefficient (Wildman–Crippen LogP) is 5.52. The number of hydrogen-bond acceptors (Lipinski definition) is 3. The van der Waals surface area contributed by atoms with Crippen LogP contribution in [0, 0.1) is 0 Å². The second-order valence-corrected chi connectivity index (χ2v) is 6.38. The first-order chi connectivity index (χ1) is 12.7. The highest BCUT2D eigenvalue weighted by molar-refractivity contribution is 5.94. The molecule has 0 aliphatic rings. The molecule has 0 radical (unpaired) electrons. The Labute approximate surface area is 154 Å². The number of aromatic amines is 1. The van der Waals surface area contributed by atoms with Gasteiger partial charge in [-0.25, -0.2) is 0 Å². The molecule has 0 bridgehead atoms. The lowest BCUT2D eigenvalue weighted by molar-refractivity contribution is 0.101. The van der Waals surface area contributed by atoms with Crippen LogP contribution in [0.5, 0.6) is 5.75 Å². The fraction of sp³-hybridized carbons (Fsp3) is 0.273. The second-order valence-electron chi connectivity index (χ2n) is 6.38. The van der Waals surface area contributed by atoms with Gasteiger partial charge in [-0.15, -0.1) is 0 Å². The fourth-order valence-electron chi connectivity index (χ4n) is 2.77. The van der Waals surface area contributed by atoms with Gasteiger partial charge in [-0.3, -0.25) is 9.89 Å². The standard InChI is InChI=1S/C22H24N2O2/c1-3-4-5-14-26-20-12-10-19(11-13-20)22-15-21(23-24-22)18-8-6-17(7-9-18)16(2)25/h6-13,15H,3-5,14H2,1-2H3,(H,23,24). The third kappa shape index (κ3) is 4.39. The summed E-state index contributed by atoms with van der Waals surface area (Å²) in [7, 11) is 0. The fourth-order valence-corrected chi connectivity index (χ4v) is 2.77. The summed E-state index contributed by atoms with van der Waals surface area (Å²) in [4.78, 5) is 11.4. The van der Waals surface area contributed by atoms with Crippen molar-refractivity contribution in [3.8, 4) is 28.3 Å². The molecule has 1 heterocycles. The normalized spacial score (nSPS) is 10.7. The summed E-state index contributed by atoms with van der Waals surface area (Å²) in [6.45, 7) is 4.51. The molecule has 0 saturated heterocycles. The van der Waals surface area contributed by atoms with Crippen LogP contribution in [0.4, 0.5) is 0 Å². The van der Waals surface area contributed by atoms with Gasteiger partial charge < -0.3 is 4.74 Å². The van der Waals surface area contributed by atoms with Crippen LogP contribution < -0.4 is 4.74 Å². The molecule has 0 aliphatic heterocycles. The summed E-state index contributed by atoms with van der Waals surface area (Å²) in [5.74, 6) is 0.958. The minimum atomic E-state index is 0.0684. The minimum Gasteiger partial charge on any atom is -0.494 e. The van der Waals surface area contributed by atoms with E-state index in [0.717, 1.165) is 41.3 Å². The Morgan fingerprint density at radius 3 is 2.35 bits per heavy atom. The number of unbranched alkanes of at least 4 members (excludes halogenated alkanes) is 2. The van der Waals surface area contributed by atoms with E-state index in [1.165, 1.54) is 12.8 Å². The number of H-pyrrole nitrogens is 1. The number of nitrogens with one attached hydrogen (secondary N) is 1. The van der Waals surface area contributed by atoms with Crippen molar-refractivity contribution in [1.82, 2.24) is 10.2 Å². The Kier molecular flexibility index (Phi) is 5.84. The Hall–Kier alpha value is -2.88. The number of ketones is 1. The highest BCUT2D eigenvalue weighted by atomic mass is 16.5. The van der Waals surface area contributed by atoms with Crippen LogP contribution in [0.3, 0.4) is 0 Å². The van der Waals surface area contributed by atoms with E-state index < -0.39 is 0 Å². The molecule has 3 rings (SSSR count). The zero-order chi connectivity index (χ0) is 18.4. The number of ether oxygens (including phenoxy) is 1. The summed E-state index contributed by atoms with van der Waals surface area (Å²) in [6, 6.07) is 17.6. The van der Waals surface area contributed by atoms with Crippen molar-refractivity contribution in [3.05, 3.63) is 60.2 Å². The Bertz CT molecular complexity index is 849. The zero-order valence-electron chi connectivity index (χ0n) is 15.3. The number of Topliss-reactive ketones (excluding diaryl/α,β-unsaturated/α-hetero) is 1. The van der Waals surface area contributed by atoms with Crippen LogP contribution in [0.25, 0.3) is 22.5 Å². The van der Waals surface area contributed by atoms with E-state index in [9.17, 15) is 4.79 Å². The van der Waals surface area contributed by atoms with Crippen LogP contribution in [0.1, 0.15) is 43.5 Å². The Morgan fingerprint density at radius 2 is 1.69 bits per heavy atom. The molecule has 134 valence electrons. The van der Waals surface area contributed by atoms with Crippen molar-refractivity contribution in [2.24, 2.45) is 0 Å². The first-order valence-electron chi connectivity index (χ1n) is 9.07. The van der Waals surface area contributed by atoms with Gasteiger partial charge in [-0.2, -0.15) is 5.10 Å². The van der Waals surface area contributed by atoms with Crippen LogP contribution in [-0.2, 0) is 0 Å². The lowest BCUT2D eigenvalue weighted by Crippen LogP contribution is -1.96. The van der Waals surface area contributed by atoms with E-state index in [-0.39, 0.29) is 5.78 Å². The monoisotopic (exact) mass is 348 g/mol. The third-order valence-electron chi connectivity index (χ3n) is 4.35. The lowest BCUT2D eigenvalue weighted by Gasteiger charge is -2.06. The molecule has 0 saturated carbocycles. The van der Waals surface area contributed by atoms with Crippen molar-refractivity contribution in [1.29, 1.82) is 0 Å². The summed E-state index contributed by atoms with van der Waals surface area (Å²) in [5.41, 5.74) is 4.56. The molecule has 1 N–H and O–H groups in total. The summed E-state index contributed by atoms with van der Waals surface area (Å²) in [6.07, 6.45) is 3.48. The zero-order valence-corrected chi connectivity index (χ0v) is 15.3. The molecule has 0 spiro atoms. The molecule has 0 amide bonds. The highest BCUT2D eigenvalue weighted by Crippen LogP contribution is 2.25. The number of carbonyl (C=O) groups excluding carboxylic acids is 1. The number of carbonyl (C=O) groups is 1. The smallest absolute Gasteiger partial charge is 0.159 e. The SMILES string of the molecule is CCCCCOc1ccc(-c2cc(-c3ccc(C(C)=O)cc3)[nH]n2)cc1. The summed E-state index contributed by atoms with van der Waals surface area (Å²) < 4.78 is 5.75. The van der Waals surface area contributed by atoms with E-state index in [1.807, 2.05) is 54.6 Å². The maximum Gasteiger partial charge on any atom is 0.159 e. The molecule has 4 heteroatoms. The first kappa shape index (κ1) is 17.9. The van der Waals surface area contributed by atoms with Gasteiger partial charge in [-0.1, -0.05) is 44.0 Å². The number of rotatable bonds is 8. The van der Waals surface area contributed by atoms with Gasteiger partial charge in [0.05, 0.1) is 18.0 Å². The topological polar surface area (TPSA) is 55.0 Å². The maximum atomic E-state index is 11.4. The number of benzene rings is 2. The van der Waals surface area contributed by atoms with Gasteiger partial charge in [0.1, 0.15) is 5.75 Å². The van der Waals surface area contributed by atoms with Crippen LogP contribution >= 0.6 is 0 Å². The summed E-state index contributed by atoms with van der Waals surface area (Å²) in [5, 5.41) is 7.47. The van der Waals surface area contributed by atoms with Gasteiger partial charge in [0.15, 0.2) is 5.78 Å². The van der Waals surface area contributed by atoms with Crippen molar-refractivity contribution < 1.29 is 9.53 Å². The van der Waals surface area contributed by atoms with Gasteiger partial charge in [-0.05, 0) is 49.2 Å². The number of hydrogen-bond donors (Lipinski definition) is 1. The third-order valence-corrected chi connectivity index (χ3v) is 4.35. The second kappa shape index (κ2) is 8.48. The van der Waals surface area contributed by atoms with Crippen LogP contribution in [0.2, 0.25) is 0 Å². The lowest BCUT2D eigenvalue weighted by atomic mass is 10.1. The van der Waals surface area contributed by atoms with E-state index >= 15 is 0 Å². The molecule has 0 aliphatic carbocycles. The van der Waals surface area contributed by atoms with E-state index in [0.29, 0.717) is 5.56 Å². The summed E-state index contributed by atoms with van der Waals surface area (Å²) >= 11 is 0. The molecule has 1 aromatic heterocycles. The molecule has 0 unspecified atom stereocenters. The molecule has 26 heavy (non-hydrogen) atoms. The van der Waals surface area contributed by atoms with Gasteiger partial charge in [0.25, 0.3) is 0 Å². The van der Waals surface area contributed by atoms with Gasteiger partial charge >= 0.3 is 0 Å². The molecular weight excluding hydrogens is 324 g/mol. The average molecular weight is 348 g/mol. The molecule has 3 aromatic rings. The average Bonchev–Trinajstić information content (AvgIpc) is 3.16. The van der Waals surface area contributed by atoms with Crippen LogP contribution in [-0.4, -0.2) is 22.6 Å². The molecule has 0 fully saturated rings. The Balaban J connectivity index is 1.68. The maximum absolute atomic E-state index is 11.4. The quantitative estimate of drug-likeness (QED) is 0.431.